The number of hydrogen-bond acceptors (Lipinski definition) is 16. The second-order valence-electron chi connectivity index (χ2n) is 20.3. The predicted octanol–water partition coefficient (Wildman–Crippen LogP) is 11.4. The lowest BCUT2D eigenvalue weighted by Crippen LogP contribution is -2.50. The van der Waals surface area contributed by atoms with Gasteiger partial charge in [0.2, 0.25) is 11.8 Å². The number of benzene rings is 4. The lowest BCUT2D eigenvalue weighted by molar-refractivity contribution is -0.384. The van der Waals surface area contributed by atoms with Crippen molar-refractivity contribution in [2.24, 2.45) is 0 Å². The van der Waals surface area contributed by atoms with Crippen LogP contribution in [0.15, 0.2) is 109 Å². The molecule has 1 aliphatic rings. The van der Waals surface area contributed by atoms with Crippen LogP contribution >= 0.6 is 8.53 Å². The van der Waals surface area contributed by atoms with Gasteiger partial charge in [-0.1, -0.05) is 87.5 Å². The summed E-state index contributed by atoms with van der Waals surface area (Å²) in [6, 6.07) is 34.4. The molecule has 0 radical (unpaired) electrons. The van der Waals surface area contributed by atoms with E-state index < -0.39 is 51.9 Å². The fraction of sp³-hybridized carbons (Fsp3) is 0.455. The van der Waals surface area contributed by atoms with E-state index in [0.29, 0.717) is 29.1 Å². The van der Waals surface area contributed by atoms with Crippen molar-refractivity contribution in [1.29, 1.82) is 5.26 Å². The number of imidazole rings is 1. The molecule has 75 heavy (non-hydrogen) atoms. The summed E-state index contributed by atoms with van der Waals surface area (Å²) in [6.07, 6.45) is -1.06. The minimum atomic E-state index is -2.70. The number of nitro benzene ring substituents is 1. The predicted molar refractivity (Wildman–Crippen MR) is 291 cm³/mol. The lowest BCUT2D eigenvalue weighted by Gasteiger charge is -2.42. The molecular weight excluding hydrogens is 992 g/mol. The van der Waals surface area contributed by atoms with Gasteiger partial charge in [-0.15, -0.1) is 0 Å². The highest BCUT2D eigenvalue weighted by Crippen LogP contribution is 2.53. The maximum atomic E-state index is 11.3. The molecule has 1 N–H and O–H groups in total. The Morgan fingerprint density at radius 1 is 0.867 bits per heavy atom. The van der Waals surface area contributed by atoms with E-state index in [1.54, 1.807) is 39.7 Å². The monoisotopic (exact) mass is 1060 g/mol. The molecule has 6 aromatic rings. The summed E-state index contributed by atoms with van der Waals surface area (Å²) in [6.45, 7) is 19.7. The van der Waals surface area contributed by atoms with E-state index in [-0.39, 0.29) is 60.9 Å². The fourth-order valence-corrected chi connectivity index (χ4v) is 11.9. The number of nitro groups is 1. The average molecular weight is 1060 g/mol. The molecule has 1 saturated heterocycles. The highest BCUT2D eigenvalue weighted by atomic mass is 31.2. The summed E-state index contributed by atoms with van der Waals surface area (Å²) in [4.78, 5) is 25.4. The molecule has 0 saturated carbocycles. The Kier molecular flexibility index (Phi) is 18.7. The standard InChI is InChI=1S/C55H71N8O10PSi/c1-37(2)62(38(3)4)74(70-33-16-32-56)72-48-46(35-69-55(40-17-14-13-15-18-40,41-21-27-44(66-9)28-22-41)42-23-29-45(67-10)30-24-42)71-52(49(48)73-75(11,12)54(5,6)7)61-36-58-47-50(61)59-53(57-8)60-51(47)68-34-31-39-19-25-43(26-20-39)63(64)65/h13-15,17-30,36-38,46,48-49,52H,16,31,33-35H2,1-12H3,(H,57,59,60)/t46-,48+,49?,52-,74?/m1/s1. The number of rotatable bonds is 25. The Morgan fingerprint density at radius 2 is 1.47 bits per heavy atom. The van der Waals surface area contributed by atoms with E-state index in [2.05, 4.69) is 94.7 Å². The van der Waals surface area contributed by atoms with Gasteiger partial charge in [0, 0.05) is 37.7 Å². The van der Waals surface area contributed by atoms with E-state index in [1.165, 1.54) is 12.1 Å². The van der Waals surface area contributed by atoms with E-state index in [1.807, 2.05) is 71.3 Å². The number of aromatic nitrogens is 4. The maximum absolute atomic E-state index is 11.3. The highest BCUT2D eigenvalue weighted by Gasteiger charge is 2.54. The third kappa shape index (κ3) is 12.8. The number of anilines is 1. The quantitative estimate of drug-likeness (QED) is 0.0142. The topological polar surface area (TPSA) is 200 Å². The first-order valence-electron chi connectivity index (χ1n) is 25.2. The number of methoxy groups -OCH3 is 2. The van der Waals surface area contributed by atoms with Crippen molar-refractivity contribution < 1.29 is 42.1 Å². The van der Waals surface area contributed by atoms with E-state index in [4.69, 9.17) is 47.1 Å². The fourth-order valence-electron chi connectivity index (χ4n) is 8.85. The average Bonchev–Trinajstić information content (AvgIpc) is 3.97. The van der Waals surface area contributed by atoms with Crippen molar-refractivity contribution >= 4 is 39.6 Å². The molecule has 18 nitrogen and oxygen atoms in total. The van der Waals surface area contributed by atoms with Gasteiger partial charge in [0.25, 0.3) is 14.2 Å². The van der Waals surface area contributed by atoms with Crippen LogP contribution in [0.3, 0.4) is 0 Å². The van der Waals surface area contributed by atoms with Gasteiger partial charge in [0.1, 0.15) is 35.4 Å². The van der Waals surface area contributed by atoms with E-state index in [0.717, 1.165) is 22.3 Å². The molecule has 20 heteroatoms. The lowest BCUT2D eigenvalue weighted by atomic mass is 9.80. The highest BCUT2D eigenvalue weighted by molar-refractivity contribution is 7.44. The van der Waals surface area contributed by atoms with E-state index >= 15 is 0 Å². The largest absolute Gasteiger partial charge is 0.497 e. The first-order valence-corrected chi connectivity index (χ1v) is 29.2. The number of hydrogen-bond donors (Lipinski definition) is 1. The Bertz CT molecular complexity index is 2790. The summed E-state index contributed by atoms with van der Waals surface area (Å²) in [7, 11) is 0.466. The first kappa shape index (κ1) is 56.6. The van der Waals surface area contributed by atoms with Crippen LogP contribution in [0.5, 0.6) is 17.4 Å². The Hall–Kier alpha value is -6.07. The van der Waals surface area contributed by atoms with Gasteiger partial charge in [0.05, 0.1) is 57.8 Å². The molecule has 4 aromatic carbocycles. The number of ether oxygens (including phenoxy) is 5. The zero-order valence-corrected chi connectivity index (χ0v) is 46.9. The van der Waals surface area contributed by atoms with Crippen molar-refractivity contribution in [3.8, 4) is 23.4 Å². The third-order valence-electron chi connectivity index (χ3n) is 13.7. The number of nitriles is 1. The smallest absolute Gasteiger partial charge is 0.269 e. The van der Waals surface area contributed by atoms with Crippen LogP contribution in [-0.4, -0.2) is 109 Å². The molecule has 0 spiro atoms. The molecular formula is C55H71N8O10PSi. The van der Waals surface area contributed by atoms with Gasteiger partial charge >= 0.3 is 0 Å². The third-order valence-corrected chi connectivity index (χ3v) is 20.3. The van der Waals surface area contributed by atoms with Crippen LogP contribution in [0.25, 0.3) is 11.2 Å². The van der Waals surface area contributed by atoms with E-state index in [9.17, 15) is 15.4 Å². The number of nitrogens with zero attached hydrogens (tertiary/aromatic N) is 7. The van der Waals surface area contributed by atoms with Crippen molar-refractivity contribution in [1.82, 2.24) is 24.2 Å². The van der Waals surface area contributed by atoms with Crippen LogP contribution in [0.4, 0.5) is 11.6 Å². The zero-order chi connectivity index (χ0) is 54.1. The molecule has 2 unspecified atom stereocenters. The zero-order valence-electron chi connectivity index (χ0n) is 45.1. The molecule has 0 aliphatic carbocycles. The molecule has 1 fully saturated rings. The van der Waals surface area contributed by atoms with Crippen LogP contribution in [-0.2, 0) is 35.0 Å². The van der Waals surface area contributed by atoms with Crippen molar-refractivity contribution in [3.63, 3.8) is 0 Å². The van der Waals surface area contributed by atoms with Crippen LogP contribution in [0, 0.1) is 21.4 Å². The molecule has 5 atom stereocenters. The Morgan fingerprint density at radius 3 is 2.00 bits per heavy atom. The summed E-state index contributed by atoms with van der Waals surface area (Å²) < 4.78 is 58.4. The van der Waals surface area contributed by atoms with Crippen molar-refractivity contribution in [2.45, 2.75) is 122 Å². The minimum Gasteiger partial charge on any atom is -0.497 e. The normalized spacial score (nSPS) is 17.6. The summed E-state index contributed by atoms with van der Waals surface area (Å²) >= 11 is 0. The summed E-state index contributed by atoms with van der Waals surface area (Å²) in [5, 5.41) is 23.8. The van der Waals surface area contributed by atoms with Gasteiger partial charge in [-0.3, -0.25) is 14.7 Å². The SMILES string of the molecule is CNc1nc(OCCc2ccc([N+](=O)[O-])cc2)c2ncn([C@@H]3O[C@H](COC(c4ccccc4)(c4ccc(OC)cc4)c4ccc(OC)cc4)[C@H](OP(OCCC#N)N(C(C)C)C(C)C)C3O[Si](C)(C)C(C)(C)C)c2n1. The first-order chi connectivity index (χ1) is 35.8. The maximum Gasteiger partial charge on any atom is 0.269 e. The van der Waals surface area contributed by atoms with Crippen molar-refractivity contribution in [3.05, 3.63) is 142 Å². The number of nitrogens with one attached hydrogen (secondary N) is 1. The Labute approximate surface area is 442 Å². The molecule has 2 aromatic heterocycles. The molecule has 3 heterocycles. The molecule has 0 bridgehead atoms. The van der Waals surface area contributed by atoms with Gasteiger partial charge in [-0.2, -0.15) is 15.2 Å². The van der Waals surface area contributed by atoms with Gasteiger partial charge in [-0.25, -0.2) is 9.65 Å². The molecule has 7 rings (SSSR count). The van der Waals surface area contributed by atoms with Gasteiger partial charge in [0.15, 0.2) is 25.7 Å². The molecule has 0 amide bonds. The number of fused-ring (bicyclic) bond motifs is 1. The van der Waals surface area contributed by atoms with Gasteiger partial charge < -0.3 is 42.5 Å². The second-order valence-corrected chi connectivity index (χ2v) is 26.5. The minimum absolute atomic E-state index is 0.00488. The van der Waals surface area contributed by atoms with Crippen LogP contribution < -0.4 is 19.5 Å². The van der Waals surface area contributed by atoms with Gasteiger partial charge in [-0.05, 0) is 92.3 Å². The second kappa shape index (κ2) is 24.7. The van der Waals surface area contributed by atoms with Crippen molar-refractivity contribution in [2.75, 3.05) is 46.4 Å². The van der Waals surface area contributed by atoms with Crippen LogP contribution in [0.2, 0.25) is 18.1 Å². The Balaban J connectivity index is 1.39. The van der Waals surface area contributed by atoms with Crippen LogP contribution in [0.1, 0.15) is 83.4 Å². The molecule has 1 aliphatic heterocycles. The summed E-state index contributed by atoms with van der Waals surface area (Å²) in [5.41, 5.74) is 3.01. The number of non-ortho nitro benzene ring substituents is 1. The summed E-state index contributed by atoms with van der Waals surface area (Å²) in [5.74, 6) is 1.91. The molecule has 400 valence electrons.